The molecule has 0 heterocycles. The Bertz CT molecular complexity index is 158. The molecule has 2 bridgehead atoms. The zero-order valence-electron chi connectivity index (χ0n) is 6.92. The number of aliphatic hydroxyl groups is 1. The van der Waals surface area contributed by atoms with Crippen molar-refractivity contribution < 1.29 is 5.11 Å². The highest BCUT2D eigenvalue weighted by Gasteiger charge is 2.36. The molecule has 0 spiro atoms. The van der Waals surface area contributed by atoms with Gasteiger partial charge in [0.1, 0.15) is 0 Å². The van der Waals surface area contributed by atoms with Gasteiger partial charge in [-0.2, -0.15) is 0 Å². The van der Waals surface area contributed by atoms with Crippen molar-refractivity contribution >= 4 is 0 Å². The zero-order valence-corrected chi connectivity index (χ0v) is 6.92. The Morgan fingerprint density at radius 2 is 1.82 bits per heavy atom. The number of fused-ring (bicyclic) bond motifs is 2. The molecule has 2 fully saturated rings. The fourth-order valence-electron chi connectivity index (χ4n) is 2.69. The first-order chi connectivity index (χ1) is 5.31. The summed E-state index contributed by atoms with van der Waals surface area (Å²) in [7, 11) is 0. The van der Waals surface area contributed by atoms with Crippen molar-refractivity contribution in [3.8, 4) is 0 Å². The van der Waals surface area contributed by atoms with E-state index in [4.69, 9.17) is 5.11 Å². The van der Waals surface area contributed by atoms with Crippen LogP contribution in [-0.4, -0.2) is 11.7 Å². The van der Waals surface area contributed by atoms with Crippen molar-refractivity contribution in [1.29, 1.82) is 0 Å². The third-order valence-corrected chi connectivity index (χ3v) is 3.41. The van der Waals surface area contributed by atoms with Crippen LogP contribution in [0, 0.1) is 17.8 Å². The van der Waals surface area contributed by atoms with Gasteiger partial charge in [0.25, 0.3) is 0 Å². The Morgan fingerprint density at radius 3 is 2.27 bits per heavy atom. The van der Waals surface area contributed by atoms with Crippen LogP contribution < -0.4 is 0 Å². The van der Waals surface area contributed by atoms with E-state index in [9.17, 15) is 0 Å². The van der Waals surface area contributed by atoms with E-state index in [-0.39, 0.29) is 0 Å². The largest absolute Gasteiger partial charge is 0.396 e. The molecule has 0 saturated heterocycles. The van der Waals surface area contributed by atoms with Crippen LogP contribution in [0.4, 0.5) is 0 Å². The Morgan fingerprint density at radius 1 is 1.27 bits per heavy atom. The molecule has 2 atom stereocenters. The molecule has 2 saturated carbocycles. The van der Waals surface area contributed by atoms with Gasteiger partial charge in [-0.1, -0.05) is 12.2 Å². The molecular weight excluding hydrogens is 136 g/mol. The minimum Gasteiger partial charge on any atom is -0.396 e. The minimum atomic E-state index is 0.389. The first-order valence-corrected chi connectivity index (χ1v) is 4.60. The second-order valence-electron chi connectivity index (χ2n) is 4.07. The summed E-state index contributed by atoms with van der Waals surface area (Å²) in [6.07, 6.45) is 5.07. The average Bonchev–Trinajstić information content (AvgIpc) is 2.26. The summed E-state index contributed by atoms with van der Waals surface area (Å²) in [6.45, 7) is 4.51. The lowest BCUT2D eigenvalue weighted by atomic mass is 9.78. The van der Waals surface area contributed by atoms with Crippen LogP contribution in [0.15, 0.2) is 12.2 Å². The van der Waals surface area contributed by atoms with E-state index in [1.807, 2.05) is 0 Å². The lowest BCUT2D eigenvalue weighted by Crippen LogP contribution is -2.20. The molecule has 0 aromatic carbocycles. The van der Waals surface area contributed by atoms with Crippen LogP contribution in [0.1, 0.15) is 25.7 Å². The molecule has 2 aliphatic rings. The number of rotatable bonds is 1. The summed E-state index contributed by atoms with van der Waals surface area (Å²) in [6, 6.07) is 0. The summed E-state index contributed by atoms with van der Waals surface area (Å²) in [5, 5.41) is 9.01. The van der Waals surface area contributed by atoms with E-state index < -0.39 is 0 Å². The van der Waals surface area contributed by atoms with Gasteiger partial charge in [0.15, 0.2) is 0 Å². The average molecular weight is 152 g/mol. The second-order valence-corrected chi connectivity index (χ2v) is 4.07. The van der Waals surface area contributed by atoms with Gasteiger partial charge in [0, 0.05) is 6.61 Å². The predicted octanol–water partition coefficient (Wildman–Crippen LogP) is 1.97. The summed E-state index contributed by atoms with van der Waals surface area (Å²) >= 11 is 0. The second kappa shape index (κ2) is 2.63. The molecule has 2 unspecified atom stereocenters. The van der Waals surface area contributed by atoms with E-state index >= 15 is 0 Å². The van der Waals surface area contributed by atoms with Crippen LogP contribution in [0.5, 0.6) is 0 Å². The Hall–Kier alpha value is -0.300. The number of allylic oxidation sites excluding steroid dienone is 1. The lowest BCUT2D eigenvalue weighted by molar-refractivity contribution is 0.180. The topological polar surface area (TPSA) is 20.2 Å². The molecule has 0 aromatic rings. The van der Waals surface area contributed by atoms with Gasteiger partial charge in [-0.15, -0.1) is 0 Å². The molecule has 0 radical (unpaired) electrons. The predicted molar refractivity (Wildman–Crippen MR) is 45.2 cm³/mol. The van der Waals surface area contributed by atoms with Gasteiger partial charge in [-0.3, -0.25) is 0 Å². The molecule has 2 rings (SSSR count). The third-order valence-electron chi connectivity index (χ3n) is 3.41. The van der Waals surface area contributed by atoms with Gasteiger partial charge in [-0.25, -0.2) is 0 Å². The van der Waals surface area contributed by atoms with E-state index in [0.717, 1.165) is 11.8 Å². The zero-order chi connectivity index (χ0) is 7.84. The number of aliphatic hydroxyl groups excluding tert-OH is 1. The SMILES string of the molecule is C=C1C2CCC1CC(CO)C2. The molecular formula is C10H16O. The maximum atomic E-state index is 9.01. The Kier molecular flexibility index (Phi) is 1.76. The Balaban J connectivity index is 2.08. The normalized spacial score (nSPS) is 43.0. The van der Waals surface area contributed by atoms with Crippen LogP contribution >= 0.6 is 0 Å². The molecule has 1 heteroatoms. The highest BCUT2D eigenvalue weighted by atomic mass is 16.3. The quantitative estimate of drug-likeness (QED) is 0.569. The molecule has 2 aliphatic carbocycles. The monoisotopic (exact) mass is 152 g/mol. The van der Waals surface area contributed by atoms with Gasteiger partial charge in [0.05, 0.1) is 0 Å². The molecule has 1 nitrogen and oxygen atoms in total. The highest BCUT2D eigenvalue weighted by molar-refractivity contribution is 5.14. The van der Waals surface area contributed by atoms with E-state index in [1.165, 1.54) is 31.3 Å². The molecule has 0 aromatic heterocycles. The van der Waals surface area contributed by atoms with Gasteiger partial charge in [0.2, 0.25) is 0 Å². The minimum absolute atomic E-state index is 0.389. The lowest BCUT2D eigenvalue weighted by Gasteiger charge is -2.28. The maximum absolute atomic E-state index is 9.01. The first-order valence-electron chi connectivity index (χ1n) is 4.60. The standard InChI is InChI=1S/C10H16O/c1-7-9-2-3-10(7)5-8(4-9)6-11/h8-11H,1-6H2. The molecule has 1 N–H and O–H groups in total. The van der Waals surface area contributed by atoms with Crippen LogP contribution in [0.3, 0.4) is 0 Å². The molecule has 62 valence electrons. The summed E-state index contributed by atoms with van der Waals surface area (Å²) in [5.74, 6) is 2.09. The Labute approximate surface area is 68.1 Å². The van der Waals surface area contributed by atoms with Crippen molar-refractivity contribution in [2.24, 2.45) is 17.8 Å². The van der Waals surface area contributed by atoms with Crippen molar-refractivity contribution in [3.63, 3.8) is 0 Å². The van der Waals surface area contributed by atoms with Gasteiger partial charge in [-0.05, 0) is 43.4 Å². The molecule has 0 amide bonds. The van der Waals surface area contributed by atoms with Crippen LogP contribution in [-0.2, 0) is 0 Å². The number of hydrogen-bond acceptors (Lipinski definition) is 1. The fourth-order valence-corrected chi connectivity index (χ4v) is 2.69. The maximum Gasteiger partial charge on any atom is 0.0459 e. The summed E-state index contributed by atoms with van der Waals surface area (Å²) in [4.78, 5) is 0. The van der Waals surface area contributed by atoms with Gasteiger partial charge < -0.3 is 5.11 Å². The van der Waals surface area contributed by atoms with Crippen molar-refractivity contribution in [2.45, 2.75) is 25.7 Å². The van der Waals surface area contributed by atoms with Crippen LogP contribution in [0.2, 0.25) is 0 Å². The molecule has 11 heavy (non-hydrogen) atoms. The first kappa shape index (κ1) is 7.35. The van der Waals surface area contributed by atoms with Gasteiger partial charge >= 0.3 is 0 Å². The van der Waals surface area contributed by atoms with Crippen molar-refractivity contribution in [2.75, 3.05) is 6.61 Å². The van der Waals surface area contributed by atoms with E-state index in [2.05, 4.69) is 6.58 Å². The number of hydrogen-bond donors (Lipinski definition) is 1. The summed E-state index contributed by atoms with van der Waals surface area (Å²) < 4.78 is 0. The van der Waals surface area contributed by atoms with Crippen molar-refractivity contribution in [3.05, 3.63) is 12.2 Å². The highest BCUT2D eigenvalue weighted by Crippen LogP contribution is 2.47. The van der Waals surface area contributed by atoms with Crippen LogP contribution in [0.25, 0.3) is 0 Å². The smallest absolute Gasteiger partial charge is 0.0459 e. The van der Waals surface area contributed by atoms with E-state index in [1.54, 1.807) is 0 Å². The van der Waals surface area contributed by atoms with Crippen molar-refractivity contribution in [1.82, 2.24) is 0 Å². The summed E-state index contributed by atoms with van der Waals surface area (Å²) in [5.41, 5.74) is 1.48. The molecule has 0 aliphatic heterocycles. The third kappa shape index (κ3) is 1.12. The fraction of sp³-hybridized carbons (Fsp3) is 0.800. The van der Waals surface area contributed by atoms with E-state index in [0.29, 0.717) is 12.5 Å².